The highest BCUT2D eigenvalue weighted by atomic mass is 35.5. The highest BCUT2D eigenvalue weighted by molar-refractivity contribution is 6.30. The maximum absolute atomic E-state index is 12.1. The molecular formula is C16H23ClN6O4. The number of carbonyl (C=O) groups excluding carboxylic acids is 2. The summed E-state index contributed by atoms with van der Waals surface area (Å²) in [5.74, 6) is -2.12. The number of hydrazine groups is 1. The van der Waals surface area contributed by atoms with Gasteiger partial charge in [0.25, 0.3) is 5.91 Å². The van der Waals surface area contributed by atoms with E-state index in [1.54, 1.807) is 24.3 Å². The van der Waals surface area contributed by atoms with Crippen LogP contribution in [0.1, 0.15) is 37.8 Å². The molecule has 0 aliphatic rings. The normalized spacial score (nSPS) is 12.5. The average molecular weight is 399 g/mol. The predicted octanol–water partition coefficient (Wildman–Crippen LogP) is 0.838. The first-order valence-electron chi connectivity index (χ1n) is 8.17. The Labute approximate surface area is 161 Å². The SMILES string of the molecule is CCCC(NC(=N)N)C(=O)NC(=O)NNC(CC(=O)O)c1ccc(Cl)cc1. The smallest absolute Gasteiger partial charge is 0.335 e. The van der Waals surface area contributed by atoms with Gasteiger partial charge in [-0.1, -0.05) is 37.1 Å². The molecule has 2 atom stereocenters. The van der Waals surface area contributed by atoms with E-state index < -0.39 is 30.0 Å². The van der Waals surface area contributed by atoms with E-state index in [0.717, 1.165) is 0 Å². The van der Waals surface area contributed by atoms with Crippen LogP contribution in [-0.2, 0) is 9.59 Å². The third-order valence-corrected chi connectivity index (χ3v) is 3.72. The summed E-state index contributed by atoms with van der Waals surface area (Å²) >= 11 is 5.81. The Kier molecular flexibility index (Phi) is 9.03. The first kappa shape index (κ1) is 22.2. The molecular weight excluding hydrogens is 376 g/mol. The summed E-state index contributed by atoms with van der Waals surface area (Å²) < 4.78 is 0. The van der Waals surface area contributed by atoms with Crippen LogP contribution >= 0.6 is 11.6 Å². The second-order valence-corrected chi connectivity index (χ2v) is 6.13. The lowest BCUT2D eigenvalue weighted by Gasteiger charge is -2.20. The molecule has 0 saturated heterocycles. The molecule has 0 aliphatic carbocycles. The molecule has 10 nitrogen and oxygen atoms in total. The molecule has 8 N–H and O–H groups in total. The molecule has 27 heavy (non-hydrogen) atoms. The van der Waals surface area contributed by atoms with E-state index in [-0.39, 0.29) is 12.4 Å². The number of carboxylic acids is 1. The van der Waals surface area contributed by atoms with Crippen LogP contribution in [0.25, 0.3) is 0 Å². The minimum absolute atomic E-state index is 0.305. The van der Waals surface area contributed by atoms with Crippen molar-refractivity contribution in [3.8, 4) is 0 Å². The van der Waals surface area contributed by atoms with Gasteiger partial charge < -0.3 is 16.2 Å². The maximum atomic E-state index is 12.1. The molecule has 0 aliphatic heterocycles. The summed E-state index contributed by atoms with van der Waals surface area (Å²) in [6.07, 6.45) is 0.703. The average Bonchev–Trinajstić information content (AvgIpc) is 2.58. The Balaban J connectivity index is 2.67. The van der Waals surface area contributed by atoms with Crippen LogP contribution in [0, 0.1) is 5.41 Å². The lowest BCUT2D eigenvalue weighted by molar-refractivity contribution is -0.137. The second kappa shape index (κ2) is 11.0. The van der Waals surface area contributed by atoms with Crippen LogP contribution in [0.4, 0.5) is 4.79 Å². The summed E-state index contributed by atoms with van der Waals surface area (Å²) in [7, 11) is 0. The van der Waals surface area contributed by atoms with Gasteiger partial charge in [-0.15, -0.1) is 0 Å². The Morgan fingerprint density at radius 2 is 1.89 bits per heavy atom. The standard InChI is InChI=1S/C16H23ClN6O4/c1-2-3-11(20-15(18)19)14(26)21-16(27)23-22-12(8-13(24)25)9-4-6-10(17)7-5-9/h4-7,11-12,22H,2-3,8H2,1H3,(H,24,25)(H4,18,19,20)(H2,21,23,26,27). The molecule has 0 spiro atoms. The largest absolute Gasteiger partial charge is 0.481 e. The number of benzene rings is 1. The number of guanidine groups is 1. The maximum Gasteiger partial charge on any atom is 0.335 e. The zero-order chi connectivity index (χ0) is 20.4. The lowest BCUT2D eigenvalue weighted by atomic mass is 10.0. The summed E-state index contributed by atoms with van der Waals surface area (Å²) in [6, 6.07) is 4.02. The van der Waals surface area contributed by atoms with E-state index in [0.29, 0.717) is 23.4 Å². The van der Waals surface area contributed by atoms with Gasteiger partial charge in [0.1, 0.15) is 6.04 Å². The summed E-state index contributed by atoms with van der Waals surface area (Å²) in [4.78, 5) is 35.1. The lowest BCUT2D eigenvalue weighted by Crippen LogP contribution is -2.54. The Morgan fingerprint density at radius 3 is 2.41 bits per heavy atom. The van der Waals surface area contributed by atoms with Crippen molar-refractivity contribution in [3.05, 3.63) is 34.9 Å². The first-order chi connectivity index (χ1) is 12.7. The minimum Gasteiger partial charge on any atom is -0.481 e. The highest BCUT2D eigenvalue weighted by Crippen LogP contribution is 2.18. The van der Waals surface area contributed by atoms with Gasteiger partial charge in [0, 0.05) is 5.02 Å². The number of carboxylic acid groups (broad SMARTS) is 1. The van der Waals surface area contributed by atoms with Crippen molar-refractivity contribution in [2.45, 2.75) is 38.3 Å². The number of imide groups is 1. The summed E-state index contributed by atoms with van der Waals surface area (Å²) in [5.41, 5.74) is 10.7. The zero-order valence-corrected chi connectivity index (χ0v) is 15.5. The van der Waals surface area contributed by atoms with Gasteiger partial charge in [0.2, 0.25) is 0 Å². The number of nitrogens with one attached hydrogen (secondary N) is 5. The number of nitrogens with two attached hydrogens (primary N) is 1. The van der Waals surface area contributed by atoms with Crippen LogP contribution in [0.3, 0.4) is 0 Å². The Hall–Kier alpha value is -2.85. The van der Waals surface area contributed by atoms with Crippen molar-refractivity contribution in [2.75, 3.05) is 0 Å². The van der Waals surface area contributed by atoms with Gasteiger partial charge in [-0.05, 0) is 24.1 Å². The van der Waals surface area contributed by atoms with E-state index in [1.807, 2.05) is 6.92 Å². The predicted molar refractivity (Wildman–Crippen MR) is 100 cm³/mol. The van der Waals surface area contributed by atoms with Gasteiger partial charge >= 0.3 is 12.0 Å². The van der Waals surface area contributed by atoms with Crippen molar-refractivity contribution < 1.29 is 19.5 Å². The number of aliphatic carboxylic acids is 1. The van der Waals surface area contributed by atoms with E-state index in [1.165, 1.54) is 0 Å². The van der Waals surface area contributed by atoms with E-state index in [2.05, 4.69) is 21.5 Å². The topological polar surface area (TPSA) is 169 Å². The number of rotatable bonds is 9. The molecule has 0 fully saturated rings. The first-order valence-corrected chi connectivity index (χ1v) is 8.54. The van der Waals surface area contributed by atoms with Crippen LogP contribution in [0.15, 0.2) is 24.3 Å². The van der Waals surface area contributed by atoms with E-state index in [4.69, 9.17) is 27.9 Å². The monoisotopic (exact) mass is 398 g/mol. The fraction of sp³-hybridized carbons (Fsp3) is 0.375. The van der Waals surface area contributed by atoms with Gasteiger partial charge in [-0.25, -0.2) is 10.2 Å². The molecule has 1 aromatic rings. The number of urea groups is 1. The highest BCUT2D eigenvalue weighted by Gasteiger charge is 2.21. The fourth-order valence-electron chi connectivity index (χ4n) is 2.25. The zero-order valence-electron chi connectivity index (χ0n) is 14.7. The van der Waals surface area contributed by atoms with Gasteiger partial charge in [-0.2, -0.15) is 0 Å². The van der Waals surface area contributed by atoms with Crippen LogP contribution in [-0.4, -0.2) is 35.0 Å². The van der Waals surface area contributed by atoms with Crippen molar-refractivity contribution >= 4 is 35.5 Å². The van der Waals surface area contributed by atoms with Gasteiger partial charge in [0.05, 0.1) is 12.5 Å². The molecule has 2 unspecified atom stereocenters. The third kappa shape index (κ3) is 8.38. The second-order valence-electron chi connectivity index (χ2n) is 5.69. The molecule has 11 heteroatoms. The van der Waals surface area contributed by atoms with Crippen molar-refractivity contribution in [3.63, 3.8) is 0 Å². The van der Waals surface area contributed by atoms with Crippen molar-refractivity contribution in [2.24, 2.45) is 5.73 Å². The molecule has 1 aromatic carbocycles. The van der Waals surface area contributed by atoms with Crippen LogP contribution in [0.2, 0.25) is 5.02 Å². The molecule has 0 saturated carbocycles. The molecule has 3 amide bonds. The van der Waals surface area contributed by atoms with E-state index >= 15 is 0 Å². The summed E-state index contributed by atoms with van der Waals surface area (Å²) in [6.45, 7) is 1.84. The van der Waals surface area contributed by atoms with Crippen molar-refractivity contribution in [1.29, 1.82) is 5.41 Å². The Bertz CT molecular complexity index is 682. The molecule has 0 bridgehead atoms. The quantitative estimate of drug-likeness (QED) is 0.183. The fourth-order valence-corrected chi connectivity index (χ4v) is 2.38. The summed E-state index contributed by atoms with van der Waals surface area (Å²) in [5, 5.41) is 21.3. The molecule has 148 valence electrons. The molecule has 0 radical (unpaired) electrons. The molecule has 1 rings (SSSR count). The molecule has 0 aromatic heterocycles. The number of hydrogen-bond donors (Lipinski definition) is 7. The van der Waals surface area contributed by atoms with E-state index in [9.17, 15) is 14.4 Å². The van der Waals surface area contributed by atoms with Gasteiger partial charge in [-0.3, -0.25) is 25.7 Å². The number of halogens is 1. The molecule has 0 heterocycles. The van der Waals surface area contributed by atoms with Crippen molar-refractivity contribution in [1.82, 2.24) is 21.5 Å². The minimum atomic E-state index is -1.07. The number of amides is 3. The number of carbonyl (C=O) groups is 3. The van der Waals surface area contributed by atoms with Gasteiger partial charge in [0.15, 0.2) is 5.96 Å². The Morgan fingerprint density at radius 1 is 1.26 bits per heavy atom. The van der Waals surface area contributed by atoms with Crippen LogP contribution in [0.5, 0.6) is 0 Å². The van der Waals surface area contributed by atoms with Crippen LogP contribution < -0.4 is 27.2 Å². The number of hydrogen-bond acceptors (Lipinski definition) is 5. The third-order valence-electron chi connectivity index (χ3n) is 3.47.